The first kappa shape index (κ1) is 13.8. The van der Waals surface area contributed by atoms with E-state index in [4.69, 9.17) is 11.6 Å². The highest BCUT2D eigenvalue weighted by atomic mass is 79.9. The van der Waals surface area contributed by atoms with Crippen LogP contribution in [0.5, 0.6) is 0 Å². The van der Waals surface area contributed by atoms with Crippen molar-refractivity contribution in [2.45, 2.75) is 13.3 Å². The molecule has 0 heterocycles. The first-order valence-electron chi connectivity index (χ1n) is 5.23. The maximum atomic E-state index is 6.21. The summed E-state index contributed by atoms with van der Waals surface area (Å²) in [6.45, 7) is 6.97. The van der Waals surface area contributed by atoms with E-state index in [1.165, 1.54) is 0 Å². The molecule has 0 saturated heterocycles. The lowest BCUT2D eigenvalue weighted by Crippen LogP contribution is -2.29. The molecule has 0 aromatic heterocycles. The maximum absolute atomic E-state index is 6.21. The van der Waals surface area contributed by atoms with E-state index in [1.54, 1.807) is 0 Å². The van der Waals surface area contributed by atoms with Gasteiger partial charge in [0.15, 0.2) is 0 Å². The Morgan fingerprint density at radius 3 is 2.75 bits per heavy atom. The van der Waals surface area contributed by atoms with Gasteiger partial charge in [-0.1, -0.05) is 46.6 Å². The van der Waals surface area contributed by atoms with Crippen LogP contribution in [-0.2, 0) is 6.42 Å². The zero-order valence-corrected chi connectivity index (χ0v) is 12.0. The van der Waals surface area contributed by atoms with E-state index in [0.717, 1.165) is 28.0 Å². The fourth-order valence-corrected chi connectivity index (χ4v) is 2.45. The molecule has 3 heteroatoms. The second-order valence-electron chi connectivity index (χ2n) is 4.30. The van der Waals surface area contributed by atoms with Crippen LogP contribution in [0.25, 0.3) is 0 Å². The molecule has 0 saturated carbocycles. The van der Waals surface area contributed by atoms with E-state index in [0.29, 0.717) is 0 Å². The third kappa shape index (κ3) is 3.62. The Bertz CT molecular complexity index is 378. The molecule has 1 aromatic carbocycles. The van der Waals surface area contributed by atoms with Gasteiger partial charge in [-0.05, 0) is 31.2 Å². The SMILES string of the molecule is C=CC(C)(CNC)Cc1ccc(Br)cc1Cl. The zero-order valence-electron chi connectivity index (χ0n) is 9.69. The van der Waals surface area contributed by atoms with Crippen molar-refractivity contribution in [1.82, 2.24) is 5.32 Å². The number of rotatable bonds is 5. The van der Waals surface area contributed by atoms with Crippen LogP contribution in [0.15, 0.2) is 35.3 Å². The lowest BCUT2D eigenvalue weighted by molar-refractivity contribution is 0.406. The lowest BCUT2D eigenvalue weighted by atomic mass is 9.83. The van der Waals surface area contributed by atoms with E-state index in [9.17, 15) is 0 Å². The summed E-state index contributed by atoms with van der Waals surface area (Å²) in [5.74, 6) is 0. The average molecular weight is 303 g/mol. The van der Waals surface area contributed by atoms with Gasteiger partial charge in [-0.25, -0.2) is 0 Å². The van der Waals surface area contributed by atoms with E-state index in [1.807, 2.05) is 25.3 Å². The van der Waals surface area contributed by atoms with Gasteiger partial charge >= 0.3 is 0 Å². The maximum Gasteiger partial charge on any atom is 0.0449 e. The number of benzene rings is 1. The quantitative estimate of drug-likeness (QED) is 0.809. The number of hydrogen-bond acceptors (Lipinski definition) is 1. The van der Waals surface area contributed by atoms with Crippen molar-refractivity contribution >= 4 is 27.5 Å². The molecule has 1 atom stereocenters. The van der Waals surface area contributed by atoms with Crippen molar-refractivity contribution in [2.75, 3.05) is 13.6 Å². The Balaban J connectivity index is 2.89. The second-order valence-corrected chi connectivity index (χ2v) is 5.62. The van der Waals surface area contributed by atoms with Crippen LogP contribution in [0.4, 0.5) is 0 Å². The molecule has 0 bridgehead atoms. The Morgan fingerprint density at radius 1 is 1.56 bits per heavy atom. The van der Waals surface area contributed by atoms with E-state index in [2.05, 4.69) is 40.8 Å². The Hall–Kier alpha value is -0.310. The highest BCUT2D eigenvalue weighted by Gasteiger charge is 2.21. The average Bonchev–Trinajstić information content (AvgIpc) is 2.23. The smallest absolute Gasteiger partial charge is 0.0449 e. The highest BCUT2D eigenvalue weighted by molar-refractivity contribution is 9.10. The summed E-state index contributed by atoms with van der Waals surface area (Å²) < 4.78 is 1.01. The fourth-order valence-electron chi connectivity index (χ4n) is 1.71. The van der Waals surface area contributed by atoms with Crippen LogP contribution >= 0.6 is 27.5 Å². The monoisotopic (exact) mass is 301 g/mol. The largest absolute Gasteiger partial charge is 0.319 e. The van der Waals surface area contributed by atoms with Crippen molar-refractivity contribution < 1.29 is 0 Å². The Morgan fingerprint density at radius 2 is 2.25 bits per heavy atom. The molecule has 1 unspecified atom stereocenters. The summed E-state index contributed by atoms with van der Waals surface area (Å²) >= 11 is 9.61. The van der Waals surface area contributed by atoms with E-state index < -0.39 is 0 Å². The zero-order chi connectivity index (χ0) is 12.2. The molecule has 0 aliphatic carbocycles. The van der Waals surface area contributed by atoms with Crippen LogP contribution in [0.2, 0.25) is 5.02 Å². The van der Waals surface area contributed by atoms with E-state index >= 15 is 0 Å². The fraction of sp³-hybridized carbons (Fsp3) is 0.385. The Kier molecular flexibility index (Phi) is 5.03. The molecule has 0 amide bonds. The van der Waals surface area contributed by atoms with Crippen LogP contribution in [-0.4, -0.2) is 13.6 Å². The minimum absolute atomic E-state index is 0.0339. The predicted octanol–water partition coefficient (Wildman–Crippen LogP) is 4.06. The molecular weight excluding hydrogens is 286 g/mol. The van der Waals surface area contributed by atoms with Gasteiger partial charge in [0.05, 0.1) is 0 Å². The van der Waals surface area contributed by atoms with Gasteiger partial charge in [-0.2, -0.15) is 0 Å². The number of nitrogens with one attached hydrogen (secondary N) is 1. The second kappa shape index (κ2) is 5.85. The first-order chi connectivity index (χ1) is 7.50. The molecule has 0 radical (unpaired) electrons. The summed E-state index contributed by atoms with van der Waals surface area (Å²) in [6.07, 6.45) is 2.88. The molecule has 1 N–H and O–H groups in total. The van der Waals surface area contributed by atoms with Gasteiger partial charge in [0.2, 0.25) is 0 Å². The molecule has 1 nitrogen and oxygen atoms in total. The van der Waals surface area contributed by atoms with Crippen molar-refractivity contribution in [3.8, 4) is 0 Å². The van der Waals surface area contributed by atoms with Crippen LogP contribution in [0.3, 0.4) is 0 Å². The molecule has 0 aliphatic rings. The first-order valence-corrected chi connectivity index (χ1v) is 6.40. The third-order valence-corrected chi connectivity index (χ3v) is 3.53. The molecule has 1 rings (SSSR count). The van der Waals surface area contributed by atoms with Crippen molar-refractivity contribution in [1.29, 1.82) is 0 Å². The van der Waals surface area contributed by atoms with Crippen molar-refractivity contribution in [3.63, 3.8) is 0 Å². The normalized spacial score (nSPS) is 14.5. The van der Waals surface area contributed by atoms with Crippen LogP contribution in [0.1, 0.15) is 12.5 Å². The summed E-state index contributed by atoms with van der Waals surface area (Å²) in [4.78, 5) is 0. The summed E-state index contributed by atoms with van der Waals surface area (Å²) in [5.41, 5.74) is 1.19. The van der Waals surface area contributed by atoms with Gasteiger partial charge in [0, 0.05) is 21.5 Å². The van der Waals surface area contributed by atoms with Crippen LogP contribution < -0.4 is 5.32 Å². The molecular formula is C13H17BrClN. The van der Waals surface area contributed by atoms with Gasteiger partial charge in [-0.15, -0.1) is 6.58 Å². The standard InChI is InChI=1S/C13H17BrClN/c1-4-13(2,9-16-3)8-10-5-6-11(14)7-12(10)15/h4-7,16H,1,8-9H2,2-3H3. The third-order valence-electron chi connectivity index (χ3n) is 2.68. The van der Waals surface area contributed by atoms with Crippen molar-refractivity contribution in [2.24, 2.45) is 5.41 Å². The van der Waals surface area contributed by atoms with Gasteiger partial charge in [0.25, 0.3) is 0 Å². The molecule has 1 aromatic rings. The number of hydrogen-bond donors (Lipinski definition) is 1. The minimum Gasteiger partial charge on any atom is -0.319 e. The van der Waals surface area contributed by atoms with Gasteiger partial charge < -0.3 is 5.32 Å². The Labute approximate surface area is 111 Å². The summed E-state index contributed by atoms with van der Waals surface area (Å²) in [7, 11) is 1.95. The predicted molar refractivity (Wildman–Crippen MR) is 75.1 cm³/mol. The lowest BCUT2D eigenvalue weighted by Gasteiger charge is -2.26. The topological polar surface area (TPSA) is 12.0 Å². The van der Waals surface area contributed by atoms with Crippen molar-refractivity contribution in [3.05, 3.63) is 45.9 Å². The molecule has 16 heavy (non-hydrogen) atoms. The molecule has 0 aliphatic heterocycles. The van der Waals surface area contributed by atoms with E-state index in [-0.39, 0.29) is 5.41 Å². The summed E-state index contributed by atoms with van der Waals surface area (Å²) in [6, 6.07) is 6.01. The summed E-state index contributed by atoms with van der Waals surface area (Å²) in [5, 5.41) is 3.99. The number of halogens is 2. The van der Waals surface area contributed by atoms with Gasteiger partial charge in [-0.3, -0.25) is 0 Å². The molecule has 0 fully saturated rings. The highest BCUT2D eigenvalue weighted by Crippen LogP contribution is 2.29. The molecule has 88 valence electrons. The van der Waals surface area contributed by atoms with Gasteiger partial charge in [0.1, 0.15) is 0 Å². The van der Waals surface area contributed by atoms with Crippen LogP contribution in [0, 0.1) is 5.41 Å². The minimum atomic E-state index is 0.0339. The molecule has 0 spiro atoms.